The second-order valence-corrected chi connectivity index (χ2v) is 9.40. The predicted molar refractivity (Wildman–Crippen MR) is 140 cm³/mol. The highest BCUT2D eigenvalue weighted by atomic mass is 32.2. The monoisotopic (exact) mass is 529 g/mol. The SMILES string of the molecule is COc1cc(/C=C(\C#N)C(=O)Nc2cccc3ccccc23)ccc1OS(=O)(=O)c1cccc([N+](=O)[O-])c1. The van der Waals surface area contributed by atoms with Crippen LogP contribution in [0.2, 0.25) is 0 Å². The molecule has 10 nitrogen and oxygen atoms in total. The highest BCUT2D eigenvalue weighted by Gasteiger charge is 2.22. The average molecular weight is 530 g/mol. The van der Waals surface area contributed by atoms with Crippen LogP contribution in [-0.2, 0) is 14.9 Å². The summed E-state index contributed by atoms with van der Waals surface area (Å²) in [5, 5.41) is 25.1. The van der Waals surface area contributed by atoms with Crippen molar-refractivity contribution in [2.45, 2.75) is 4.90 Å². The summed E-state index contributed by atoms with van der Waals surface area (Å²) < 4.78 is 35.8. The van der Waals surface area contributed by atoms with Gasteiger partial charge in [0.25, 0.3) is 11.6 Å². The Morgan fingerprint density at radius 3 is 2.47 bits per heavy atom. The number of nitro groups is 1. The van der Waals surface area contributed by atoms with Gasteiger partial charge >= 0.3 is 10.1 Å². The van der Waals surface area contributed by atoms with Crippen LogP contribution in [0.25, 0.3) is 16.8 Å². The Morgan fingerprint density at radius 2 is 1.74 bits per heavy atom. The number of rotatable bonds is 8. The maximum atomic E-state index is 12.8. The lowest BCUT2D eigenvalue weighted by Crippen LogP contribution is -2.13. The van der Waals surface area contributed by atoms with E-state index >= 15 is 0 Å². The van der Waals surface area contributed by atoms with Crippen molar-refractivity contribution in [3.05, 3.63) is 106 Å². The largest absolute Gasteiger partial charge is 0.493 e. The van der Waals surface area contributed by atoms with Gasteiger partial charge in [0.05, 0.1) is 12.0 Å². The van der Waals surface area contributed by atoms with Gasteiger partial charge in [0.15, 0.2) is 11.5 Å². The minimum Gasteiger partial charge on any atom is -0.493 e. The Kier molecular flexibility index (Phi) is 7.36. The molecule has 1 N–H and O–H groups in total. The Hall–Kier alpha value is -5.21. The van der Waals surface area contributed by atoms with E-state index in [2.05, 4.69) is 5.32 Å². The highest BCUT2D eigenvalue weighted by molar-refractivity contribution is 7.87. The van der Waals surface area contributed by atoms with E-state index < -0.39 is 31.5 Å². The van der Waals surface area contributed by atoms with E-state index in [-0.39, 0.29) is 17.1 Å². The third-order valence-electron chi connectivity index (χ3n) is 5.42. The van der Waals surface area contributed by atoms with E-state index in [1.54, 1.807) is 12.1 Å². The summed E-state index contributed by atoms with van der Waals surface area (Å²) in [4.78, 5) is 22.7. The molecule has 0 spiro atoms. The highest BCUT2D eigenvalue weighted by Crippen LogP contribution is 2.32. The first-order valence-electron chi connectivity index (χ1n) is 11.0. The van der Waals surface area contributed by atoms with Crippen molar-refractivity contribution < 1.29 is 27.1 Å². The minimum atomic E-state index is -4.42. The fourth-order valence-corrected chi connectivity index (χ4v) is 4.58. The molecular formula is C27H19N3O7S. The summed E-state index contributed by atoms with van der Waals surface area (Å²) in [6, 6.07) is 23.3. The first-order chi connectivity index (χ1) is 18.2. The lowest BCUT2D eigenvalue weighted by Gasteiger charge is -2.12. The van der Waals surface area contributed by atoms with Crippen molar-refractivity contribution in [1.82, 2.24) is 0 Å². The summed E-state index contributed by atoms with van der Waals surface area (Å²) in [7, 11) is -3.14. The maximum Gasteiger partial charge on any atom is 0.339 e. The van der Waals surface area contributed by atoms with Gasteiger partial charge in [-0.3, -0.25) is 14.9 Å². The second kappa shape index (κ2) is 10.8. The molecule has 190 valence electrons. The molecule has 0 atom stereocenters. The predicted octanol–water partition coefficient (Wildman–Crippen LogP) is 5.07. The quantitative estimate of drug-likeness (QED) is 0.109. The molecule has 0 aliphatic carbocycles. The molecule has 0 bridgehead atoms. The van der Waals surface area contributed by atoms with E-state index in [1.165, 1.54) is 43.5 Å². The lowest BCUT2D eigenvalue weighted by atomic mass is 10.1. The van der Waals surface area contributed by atoms with Gasteiger partial charge in [-0.1, -0.05) is 48.5 Å². The molecule has 0 heterocycles. The van der Waals surface area contributed by atoms with Crippen molar-refractivity contribution in [2.24, 2.45) is 0 Å². The molecule has 0 fully saturated rings. The number of nitriles is 1. The molecule has 11 heteroatoms. The normalized spacial score (nSPS) is 11.4. The maximum absolute atomic E-state index is 12.8. The van der Waals surface area contributed by atoms with Crippen molar-refractivity contribution in [2.75, 3.05) is 12.4 Å². The third kappa shape index (κ3) is 5.61. The van der Waals surface area contributed by atoms with Crippen LogP contribution in [0.15, 0.2) is 95.4 Å². The van der Waals surface area contributed by atoms with Gasteiger partial charge in [-0.2, -0.15) is 13.7 Å². The van der Waals surface area contributed by atoms with Crippen LogP contribution < -0.4 is 14.2 Å². The third-order valence-corrected chi connectivity index (χ3v) is 6.65. The molecule has 0 saturated heterocycles. The number of nitrogens with one attached hydrogen (secondary N) is 1. The first-order valence-corrected chi connectivity index (χ1v) is 12.4. The average Bonchev–Trinajstić information content (AvgIpc) is 2.92. The molecule has 0 aliphatic rings. The molecule has 4 rings (SSSR count). The van der Waals surface area contributed by atoms with E-state index in [0.717, 1.165) is 22.9 Å². The number of non-ortho nitro benzene ring substituents is 1. The standard InChI is InChI=1S/C27H19N3O7S/c1-36-26-15-18(12-13-25(26)37-38(34,35)22-9-5-8-21(16-22)30(32)33)14-20(17-28)27(31)29-24-11-4-7-19-6-2-3-10-23(19)24/h2-16H,1H3,(H,29,31)/b20-14+. The number of nitro benzene ring substituents is 1. The van der Waals surface area contributed by atoms with Crippen LogP contribution >= 0.6 is 0 Å². The van der Waals surface area contributed by atoms with Crippen LogP contribution in [-0.4, -0.2) is 26.4 Å². The fraction of sp³-hybridized carbons (Fsp3) is 0.0370. The van der Waals surface area contributed by atoms with E-state index in [1.807, 2.05) is 36.4 Å². The van der Waals surface area contributed by atoms with Gasteiger partial charge in [-0.25, -0.2) is 0 Å². The molecule has 1 amide bonds. The molecule has 38 heavy (non-hydrogen) atoms. The van der Waals surface area contributed by atoms with Crippen molar-refractivity contribution in [1.29, 1.82) is 5.26 Å². The number of carbonyl (C=O) groups is 1. The van der Waals surface area contributed by atoms with E-state index in [0.29, 0.717) is 11.3 Å². The number of anilines is 1. The summed E-state index contributed by atoms with van der Waals surface area (Å²) in [5.41, 5.74) is 0.305. The molecule has 0 radical (unpaired) electrons. The van der Waals surface area contributed by atoms with Crippen LogP contribution in [0.3, 0.4) is 0 Å². The molecule has 0 unspecified atom stereocenters. The summed E-state index contributed by atoms with van der Waals surface area (Å²) >= 11 is 0. The molecule has 0 aliphatic heterocycles. The second-order valence-electron chi connectivity index (χ2n) is 7.85. The number of methoxy groups -OCH3 is 1. The smallest absolute Gasteiger partial charge is 0.339 e. The number of nitrogens with zero attached hydrogens (tertiary/aromatic N) is 2. The van der Waals surface area contributed by atoms with E-state index in [4.69, 9.17) is 8.92 Å². The minimum absolute atomic E-state index is 0.000456. The summed E-state index contributed by atoms with van der Waals surface area (Å²) in [6.07, 6.45) is 1.32. The fourth-order valence-electron chi connectivity index (χ4n) is 3.60. The van der Waals surface area contributed by atoms with Crippen molar-refractivity contribution >= 4 is 44.2 Å². The number of benzene rings is 4. The number of hydrogen-bond acceptors (Lipinski definition) is 8. The number of ether oxygens (including phenoxy) is 1. The zero-order valence-electron chi connectivity index (χ0n) is 19.8. The molecule has 4 aromatic carbocycles. The van der Waals surface area contributed by atoms with Crippen LogP contribution in [0.4, 0.5) is 11.4 Å². The molecule has 0 saturated carbocycles. The van der Waals surface area contributed by atoms with Crippen molar-refractivity contribution in [3.63, 3.8) is 0 Å². The zero-order chi connectivity index (χ0) is 27.3. The Bertz CT molecular complexity index is 1740. The van der Waals surface area contributed by atoms with Gasteiger partial charge in [0.1, 0.15) is 16.5 Å². The molecule has 4 aromatic rings. The Morgan fingerprint density at radius 1 is 1.00 bits per heavy atom. The first kappa shape index (κ1) is 25.9. The topological polar surface area (TPSA) is 149 Å². The summed E-state index contributed by atoms with van der Waals surface area (Å²) in [6.45, 7) is 0. The number of amides is 1. The van der Waals surface area contributed by atoms with Gasteiger partial charge in [0, 0.05) is 23.2 Å². The van der Waals surface area contributed by atoms with Crippen LogP contribution in [0.5, 0.6) is 11.5 Å². The van der Waals surface area contributed by atoms with Gasteiger partial charge < -0.3 is 14.2 Å². The van der Waals surface area contributed by atoms with Gasteiger partial charge in [-0.15, -0.1) is 0 Å². The Labute approximate surface area is 217 Å². The number of fused-ring (bicyclic) bond motifs is 1. The van der Waals surface area contributed by atoms with Gasteiger partial charge in [0.2, 0.25) is 0 Å². The van der Waals surface area contributed by atoms with Crippen molar-refractivity contribution in [3.8, 4) is 17.6 Å². The number of hydrogen-bond donors (Lipinski definition) is 1. The molecular weight excluding hydrogens is 510 g/mol. The number of carbonyl (C=O) groups excluding carboxylic acids is 1. The van der Waals surface area contributed by atoms with Gasteiger partial charge in [-0.05, 0) is 41.3 Å². The summed E-state index contributed by atoms with van der Waals surface area (Å²) in [5.74, 6) is -0.814. The van der Waals surface area contributed by atoms with Crippen LogP contribution in [0.1, 0.15) is 5.56 Å². The Balaban J connectivity index is 1.59. The molecule has 0 aromatic heterocycles. The van der Waals surface area contributed by atoms with Crippen LogP contribution in [0, 0.1) is 21.4 Å². The van der Waals surface area contributed by atoms with E-state index in [9.17, 15) is 28.6 Å². The lowest BCUT2D eigenvalue weighted by molar-refractivity contribution is -0.385. The zero-order valence-corrected chi connectivity index (χ0v) is 20.6.